The Kier molecular flexibility index (Phi) is 3.81. The molecule has 0 fully saturated rings. The molecule has 4 heteroatoms. The van der Waals surface area contributed by atoms with Gasteiger partial charge in [0.2, 0.25) is 0 Å². The zero-order valence-corrected chi connectivity index (χ0v) is 6.55. The van der Waals surface area contributed by atoms with Crippen molar-refractivity contribution in [3.8, 4) is 0 Å². The van der Waals surface area contributed by atoms with Crippen LogP contribution in [0.5, 0.6) is 0 Å². The van der Waals surface area contributed by atoms with Crippen LogP contribution in [-0.4, -0.2) is 4.92 Å². The summed E-state index contributed by atoms with van der Waals surface area (Å²) >= 11 is 0. The van der Waals surface area contributed by atoms with E-state index in [2.05, 4.69) is 6.07 Å². The van der Waals surface area contributed by atoms with Gasteiger partial charge >= 0.3 is 0 Å². The predicted molar refractivity (Wildman–Crippen MR) is 31.9 cm³/mol. The van der Waals surface area contributed by atoms with Gasteiger partial charge in [-0.05, 0) is 0 Å². The molecule has 0 aliphatic carbocycles. The first-order chi connectivity index (χ1) is 4.30. The molecule has 0 atom stereocenters. The van der Waals surface area contributed by atoms with E-state index in [1.807, 2.05) is 0 Å². The molecule has 0 aliphatic heterocycles. The Hall–Kier alpha value is -0.757. The Labute approximate surface area is 71.0 Å². The second-order valence-corrected chi connectivity index (χ2v) is 1.52. The van der Waals surface area contributed by atoms with Crippen LogP contribution in [0, 0.1) is 16.2 Å². The van der Waals surface area contributed by atoms with E-state index in [9.17, 15) is 10.1 Å². The summed E-state index contributed by atoms with van der Waals surface area (Å²) in [6.45, 7) is 0. The van der Waals surface area contributed by atoms with Gasteiger partial charge in [0.15, 0.2) is 5.69 Å². The molecule has 0 aromatic heterocycles. The molecule has 0 N–H and O–H groups in total. The molecular formula is C6H4NO2Rh-. The topological polar surface area (TPSA) is 43.1 Å². The number of non-ortho nitro benzene ring substituents is 1. The fourth-order valence-corrected chi connectivity index (χ4v) is 0.500. The van der Waals surface area contributed by atoms with Crippen LogP contribution in [0.2, 0.25) is 0 Å². The van der Waals surface area contributed by atoms with E-state index in [0.717, 1.165) is 0 Å². The van der Waals surface area contributed by atoms with E-state index in [-0.39, 0.29) is 25.2 Å². The van der Waals surface area contributed by atoms with E-state index >= 15 is 0 Å². The molecule has 1 aromatic rings. The zero-order valence-electron chi connectivity index (χ0n) is 4.91. The van der Waals surface area contributed by atoms with Crippen LogP contribution in [0.4, 0.5) is 5.69 Å². The van der Waals surface area contributed by atoms with Crippen LogP contribution in [0.15, 0.2) is 24.3 Å². The second-order valence-electron chi connectivity index (χ2n) is 1.52. The maximum atomic E-state index is 9.99. The van der Waals surface area contributed by atoms with Crippen molar-refractivity contribution in [3.63, 3.8) is 0 Å². The van der Waals surface area contributed by atoms with Crippen molar-refractivity contribution in [2.24, 2.45) is 0 Å². The van der Waals surface area contributed by atoms with Gasteiger partial charge in [-0.3, -0.25) is 10.1 Å². The summed E-state index contributed by atoms with van der Waals surface area (Å²) in [6.07, 6.45) is 0. The number of benzene rings is 1. The minimum Gasteiger partial charge on any atom is -0.260 e. The van der Waals surface area contributed by atoms with Gasteiger partial charge in [0.25, 0.3) is 0 Å². The summed E-state index contributed by atoms with van der Waals surface area (Å²) in [6, 6.07) is 8.51. The SMILES string of the molecule is O=[N+]([O-])c1cc[c-]cc1.[Rh]. The second kappa shape index (κ2) is 4.12. The normalized spacial score (nSPS) is 8.00. The Bertz CT molecular complexity index is 212. The quantitative estimate of drug-likeness (QED) is 0.313. The van der Waals surface area contributed by atoms with Gasteiger partial charge in [0.1, 0.15) is 0 Å². The minimum absolute atomic E-state index is 0. The maximum Gasteiger partial charge on any atom is 0.166 e. The van der Waals surface area contributed by atoms with Crippen molar-refractivity contribution in [1.82, 2.24) is 0 Å². The number of hydrogen-bond donors (Lipinski definition) is 0. The zero-order chi connectivity index (χ0) is 6.69. The van der Waals surface area contributed by atoms with Crippen LogP contribution in [0.25, 0.3) is 0 Å². The molecule has 0 saturated carbocycles. The van der Waals surface area contributed by atoms with Gasteiger partial charge in [-0.1, -0.05) is 12.1 Å². The summed E-state index contributed by atoms with van der Waals surface area (Å²) in [7, 11) is 0. The largest absolute Gasteiger partial charge is 0.260 e. The summed E-state index contributed by atoms with van der Waals surface area (Å²) in [4.78, 5) is 9.56. The van der Waals surface area contributed by atoms with E-state index < -0.39 is 4.92 Å². The Balaban J connectivity index is 0.000000810. The molecule has 0 spiro atoms. The first-order valence-electron chi connectivity index (χ1n) is 2.41. The molecule has 3 nitrogen and oxygen atoms in total. The van der Waals surface area contributed by atoms with E-state index in [4.69, 9.17) is 0 Å². The van der Waals surface area contributed by atoms with Crippen LogP contribution in [0.3, 0.4) is 0 Å². The fraction of sp³-hybridized carbons (Fsp3) is 0. The number of nitro benzene ring substituents is 1. The predicted octanol–water partition coefficient (Wildman–Crippen LogP) is 1.39. The van der Waals surface area contributed by atoms with E-state index in [0.29, 0.717) is 0 Å². The maximum absolute atomic E-state index is 9.99. The van der Waals surface area contributed by atoms with Crippen molar-refractivity contribution in [3.05, 3.63) is 40.4 Å². The monoisotopic (exact) mass is 225 g/mol. The summed E-state index contributed by atoms with van der Waals surface area (Å²) in [5.41, 5.74) is 0.105. The number of nitro groups is 1. The van der Waals surface area contributed by atoms with Gasteiger partial charge in [0, 0.05) is 24.4 Å². The van der Waals surface area contributed by atoms with Gasteiger partial charge in [-0.15, -0.1) is 0 Å². The van der Waals surface area contributed by atoms with Crippen LogP contribution >= 0.6 is 0 Å². The number of nitrogens with zero attached hydrogens (tertiary/aromatic N) is 1. The molecule has 1 radical (unpaired) electrons. The van der Waals surface area contributed by atoms with Crippen molar-refractivity contribution in [1.29, 1.82) is 0 Å². The molecule has 0 heterocycles. The number of hydrogen-bond acceptors (Lipinski definition) is 2. The molecule has 1 rings (SSSR count). The molecule has 55 valence electrons. The first kappa shape index (κ1) is 9.24. The third-order valence-electron chi connectivity index (χ3n) is 0.911. The molecule has 0 bridgehead atoms. The molecule has 10 heavy (non-hydrogen) atoms. The Morgan fingerprint density at radius 2 is 1.90 bits per heavy atom. The molecule has 0 saturated heterocycles. The fourth-order valence-electron chi connectivity index (χ4n) is 0.500. The van der Waals surface area contributed by atoms with Crippen molar-refractivity contribution in [2.75, 3.05) is 0 Å². The van der Waals surface area contributed by atoms with Gasteiger partial charge in [0.05, 0.1) is 0 Å². The van der Waals surface area contributed by atoms with Crippen LogP contribution < -0.4 is 0 Å². The molecule has 0 amide bonds. The number of rotatable bonds is 1. The first-order valence-corrected chi connectivity index (χ1v) is 2.41. The van der Waals surface area contributed by atoms with Crippen LogP contribution in [-0.2, 0) is 19.5 Å². The average molecular weight is 225 g/mol. The van der Waals surface area contributed by atoms with E-state index in [1.165, 1.54) is 24.3 Å². The van der Waals surface area contributed by atoms with Gasteiger partial charge in [-0.25, -0.2) is 0 Å². The molecular weight excluding hydrogens is 221 g/mol. The standard InChI is InChI=1S/C6H4NO2.Rh/c8-7(9)6-4-2-1-3-5-6;/h2-5H;/q-1;. The molecule has 0 unspecified atom stereocenters. The van der Waals surface area contributed by atoms with Gasteiger partial charge < -0.3 is 0 Å². The summed E-state index contributed by atoms with van der Waals surface area (Å²) < 4.78 is 0. The van der Waals surface area contributed by atoms with Crippen molar-refractivity contribution < 1.29 is 24.4 Å². The molecule has 0 aliphatic rings. The van der Waals surface area contributed by atoms with Gasteiger partial charge in [-0.2, -0.15) is 18.2 Å². The minimum atomic E-state index is -0.437. The van der Waals surface area contributed by atoms with E-state index in [1.54, 1.807) is 0 Å². The average Bonchev–Trinajstić information content (AvgIpc) is 1.90. The summed E-state index contributed by atoms with van der Waals surface area (Å²) in [5.74, 6) is 0. The van der Waals surface area contributed by atoms with Crippen LogP contribution in [0.1, 0.15) is 0 Å². The van der Waals surface area contributed by atoms with Crippen molar-refractivity contribution in [2.45, 2.75) is 0 Å². The third kappa shape index (κ3) is 2.23. The Morgan fingerprint density at radius 1 is 1.40 bits per heavy atom. The third-order valence-corrected chi connectivity index (χ3v) is 0.911. The summed E-state index contributed by atoms with van der Waals surface area (Å²) in [5, 5.41) is 9.99. The van der Waals surface area contributed by atoms with Crippen molar-refractivity contribution >= 4 is 5.69 Å². The molecule has 1 aromatic carbocycles. The Morgan fingerprint density at radius 3 is 2.20 bits per heavy atom. The smallest absolute Gasteiger partial charge is 0.166 e.